The Morgan fingerprint density at radius 2 is 1.79 bits per heavy atom. The second-order valence-corrected chi connectivity index (χ2v) is 10.5. The van der Waals surface area contributed by atoms with Gasteiger partial charge in [-0.3, -0.25) is 4.79 Å². The topological polar surface area (TPSA) is 69.0 Å². The number of nitrogens with one attached hydrogen (secondary N) is 1. The van der Waals surface area contributed by atoms with Gasteiger partial charge in [0.05, 0.1) is 0 Å². The molecule has 0 bridgehead atoms. The van der Waals surface area contributed by atoms with Gasteiger partial charge in [-0.1, -0.05) is 71.9 Å². The summed E-state index contributed by atoms with van der Waals surface area (Å²) < 4.78 is 21.8. The number of ketones is 1. The molecule has 4 aromatic rings. The van der Waals surface area contributed by atoms with E-state index in [1.165, 1.54) is 17.8 Å². The maximum absolute atomic E-state index is 14.1. The number of anilines is 1. The molecule has 0 radical (unpaired) electrons. The predicted octanol–water partition coefficient (Wildman–Crippen LogP) is 6.96. The molecule has 1 atom stereocenters. The van der Waals surface area contributed by atoms with E-state index in [1.54, 1.807) is 16.8 Å². The van der Waals surface area contributed by atoms with Gasteiger partial charge < -0.3 is 10.1 Å². The van der Waals surface area contributed by atoms with Gasteiger partial charge in [-0.15, -0.1) is 5.10 Å². The van der Waals surface area contributed by atoms with Gasteiger partial charge in [0, 0.05) is 34.0 Å². The number of halogens is 2. The van der Waals surface area contributed by atoms with Crippen LogP contribution in [0.1, 0.15) is 42.0 Å². The standard InChI is InChI=1S/C29H24ClFN4O2S/c30-22-8-3-1-6-19(22)16-37-21-14-12-18(13-15-21)27-26-24(10-5-11-25(26)36)32-28-33-29(34-35(27)28)38-17-20-7-2-4-9-23(20)31/h1-4,6-9,12-15,27H,5,10-11,16-17H2,(H,32,33,34). The number of rotatable bonds is 7. The number of aromatic nitrogens is 3. The lowest BCUT2D eigenvalue weighted by atomic mass is 9.85. The number of ether oxygens (including phenoxy) is 1. The molecule has 192 valence electrons. The molecule has 6 nitrogen and oxygen atoms in total. The van der Waals surface area contributed by atoms with Crippen molar-refractivity contribution in [2.75, 3.05) is 5.32 Å². The number of benzene rings is 3. The number of carbonyl (C=O) groups excluding carboxylic acids is 1. The average Bonchev–Trinajstić information content (AvgIpc) is 3.34. The van der Waals surface area contributed by atoms with Gasteiger partial charge in [-0.25, -0.2) is 9.07 Å². The number of thioether (sulfide) groups is 1. The van der Waals surface area contributed by atoms with Crippen LogP contribution in [0.5, 0.6) is 5.75 Å². The Morgan fingerprint density at radius 3 is 2.58 bits per heavy atom. The molecule has 1 N–H and O–H groups in total. The highest BCUT2D eigenvalue weighted by Gasteiger charge is 2.36. The highest BCUT2D eigenvalue weighted by Crippen LogP contribution is 2.41. The van der Waals surface area contributed by atoms with Crippen molar-refractivity contribution >= 4 is 35.1 Å². The summed E-state index contributed by atoms with van der Waals surface area (Å²) in [6.45, 7) is 0.357. The van der Waals surface area contributed by atoms with Crippen molar-refractivity contribution in [2.45, 2.75) is 42.8 Å². The molecular formula is C29H24ClFN4O2S. The summed E-state index contributed by atoms with van der Waals surface area (Å²) >= 11 is 7.62. The molecule has 0 spiro atoms. The maximum Gasteiger partial charge on any atom is 0.227 e. The highest BCUT2D eigenvalue weighted by molar-refractivity contribution is 7.98. The molecule has 2 heterocycles. The van der Waals surface area contributed by atoms with Crippen LogP contribution in [0.3, 0.4) is 0 Å². The van der Waals surface area contributed by atoms with Crippen LogP contribution < -0.4 is 10.1 Å². The number of hydrogen-bond acceptors (Lipinski definition) is 6. The Labute approximate surface area is 228 Å². The largest absolute Gasteiger partial charge is 0.489 e. The third kappa shape index (κ3) is 4.93. The summed E-state index contributed by atoms with van der Waals surface area (Å²) in [7, 11) is 0. The molecular weight excluding hydrogens is 523 g/mol. The smallest absolute Gasteiger partial charge is 0.227 e. The van der Waals surface area contributed by atoms with Crippen molar-refractivity contribution in [3.63, 3.8) is 0 Å². The summed E-state index contributed by atoms with van der Waals surface area (Å²) in [5, 5.41) is 9.26. The van der Waals surface area contributed by atoms with Crippen molar-refractivity contribution in [3.05, 3.63) is 112 Å². The lowest BCUT2D eigenvalue weighted by molar-refractivity contribution is -0.116. The van der Waals surface area contributed by atoms with Gasteiger partial charge >= 0.3 is 0 Å². The molecule has 2 aliphatic rings. The average molecular weight is 547 g/mol. The van der Waals surface area contributed by atoms with Crippen molar-refractivity contribution in [1.29, 1.82) is 0 Å². The predicted molar refractivity (Wildman–Crippen MR) is 146 cm³/mol. The summed E-state index contributed by atoms with van der Waals surface area (Å²) in [4.78, 5) is 17.8. The lowest BCUT2D eigenvalue weighted by Crippen LogP contribution is -2.31. The van der Waals surface area contributed by atoms with Crippen LogP contribution >= 0.6 is 23.4 Å². The molecule has 0 fully saturated rings. The van der Waals surface area contributed by atoms with E-state index in [1.807, 2.05) is 54.6 Å². The monoisotopic (exact) mass is 546 g/mol. The Morgan fingerprint density at radius 1 is 1.03 bits per heavy atom. The van der Waals surface area contributed by atoms with E-state index in [9.17, 15) is 9.18 Å². The van der Waals surface area contributed by atoms with E-state index >= 15 is 0 Å². The van der Waals surface area contributed by atoms with E-state index in [2.05, 4.69) is 10.3 Å². The third-order valence-corrected chi connectivity index (χ3v) is 7.97. The summed E-state index contributed by atoms with van der Waals surface area (Å²) in [6.07, 6.45) is 2.09. The zero-order valence-electron chi connectivity index (χ0n) is 20.4. The fraction of sp³-hybridized carbons (Fsp3) is 0.207. The molecule has 1 aliphatic heterocycles. The zero-order valence-corrected chi connectivity index (χ0v) is 21.9. The summed E-state index contributed by atoms with van der Waals surface area (Å²) in [6, 6.07) is 21.6. The molecule has 38 heavy (non-hydrogen) atoms. The van der Waals surface area contributed by atoms with E-state index < -0.39 is 6.04 Å². The fourth-order valence-corrected chi connectivity index (χ4v) is 5.79. The molecule has 1 aromatic heterocycles. The minimum absolute atomic E-state index is 0.115. The van der Waals surface area contributed by atoms with E-state index in [4.69, 9.17) is 21.4 Å². The molecule has 0 saturated carbocycles. The maximum atomic E-state index is 14.1. The first-order chi connectivity index (χ1) is 18.6. The van der Waals surface area contributed by atoms with Gasteiger partial charge in [0.1, 0.15) is 24.2 Å². The van der Waals surface area contributed by atoms with Gasteiger partial charge in [0.15, 0.2) is 5.78 Å². The number of nitrogens with zero attached hydrogens (tertiary/aromatic N) is 3. The Bertz CT molecular complexity index is 1540. The molecule has 0 amide bonds. The summed E-state index contributed by atoms with van der Waals surface area (Å²) in [5.74, 6) is 1.55. The number of hydrogen-bond donors (Lipinski definition) is 1. The van der Waals surface area contributed by atoms with Crippen LogP contribution in [-0.2, 0) is 17.2 Å². The van der Waals surface area contributed by atoms with E-state index in [-0.39, 0.29) is 11.6 Å². The molecule has 3 aromatic carbocycles. The minimum Gasteiger partial charge on any atom is -0.489 e. The lowest BCUT2D eigenvalue weighted by Gasteiger charge is -2.32. The van der Waals surface area contributed by atoms with Crippen molar-refractivity contribution in [1.82, 2.24) is 14.8 Å². The minimum atomic E-state index is -0.401. The van der Waals surface area contributed by atoms with Crippen LogP contribution in [0.15, 0.2) is 89.2 Å². The first kappa shape index (κ1) is 24.7. The number of allylic oxidation sites excluding steroid dienone is 2. The Hall–Kier alpha value is -3.62. The van der Waals surface area contributed by atoms with E-state index in [0.29, 0.717) is 46.2 Å². The number of Topliss-reactive ketones (excluding diaryl/α,β-unsaturated/α-hetero) is 1. The summed E-state index contributed by atoms with van der Waals surface area (Å²) in [5.41, 5.74) is 4.04. The van der Waals surface area contributed by atoms with Crippen LogP contribution in [0.4, 0.5) is 10.3 Å². The highest BCUT2D eigenvalue weighted by atomic mass is 35.5. The molecule has 6 rings (SSSR count). The van der Waals surface area contributed by atoms with Crippen molar-refractivity contribution in [2.24, 2.45) is 0 Å². The first-order valence-electron chi connectivity index (χ1n) is 12.4. The van der Waals surface area contributed by atoms with Crippen LogP contribution in [0, 0.1) is 5.82 Å². The van der Waals surface area contributed by atoms with Crippen LogP contribution in [0.25, 0.3) is 0 Å². The molecule has 1 aliphatic carbocycles. The fourth-order valence-electron chi connectivity index (χ4n) is 4.79. The van der Waals surface area contributed by atoms with Gasteiger partial charge in [0.25, 0.3) is 0 Å². The quantitative estimate of drug-likeness (QED) is 0.253. The third-order valence-electron chi connectivity index (χ3n) is 6.71. The van der Waals surface area contributed by atoms with Crippen molar-refractivity contribution in [3.8, 4) is 5.75 Å². The number of fused-ring (bicyclic) bond motifs is 1. The number of carbonyl (C=O) groups is 1. The Balaban J connectivity index is 1.27. The SMILES string of the molecule is O=C1CCCC2=C1C(c1ccc(OCc3ccccc3Cl)cc1)n1nc(SCc3ccccc3F)nc1N2. The Kier molecular flexibility index (Phi) is 6.91. The van der Waals surface area contributed by atoms with Gasteiger partial charge in [0.2, 0.25) is 11.1 Å². The van der Waals surface area contributed by atoms with Gasteiger partial charge in [-0.05, 0) is 48.2 Å². The molecule has 1 unspecified atom stereocenters. The van der Waals surface area contributed by atoms with Crippen LogP contribution in [-0.4, -0.2) is 20.5 Å². The second kappa shape index (κ2) is 10.6. The van der Waals surface area contributed by atoms with Crippen molar-refractivity contribution < 1.29 is 13.9 Å². The zero-order chi connectivity index (χ0) is 26.1. The molecule has 0 saturated heterocycles. The molecule has 9 heteroatoms. The normalized spacial score (nSPS) is 16.6. The van der Waals surface area contributed by atoms with E-state index in [0.717, 1.165) is 35.2 Å². The van der Waals surface area contributed by atoms with Gasteiger partial charge in [-0.2, -0.15) is 4.98 Å². The second-order valence-electron chi connectivity index (χ2n) is 9.19. The first-order valence-corrected chi connectivity index (χ1v) is 13.8. The van der Waals surface area contributed by atoms with Crippen LogP contribution in [0.2, 0.25) is 5.02 Å².